The summed E-state index contributed by atoms with van der Waals surface area (Å²) in [6.45, 7) is 5.70. The van der Waals surface area contributed by atoms with E-state index in [0.29, 0.717) is 13.2 Å². The van der Waals surface area contributed by atoms with Crippen LogP contribution in [0.3, 0.4) is 0 Å². The van der Waals surface area contributed by atoms with Crippen molar-refractivity contribution < 1.29 is 14.0 Å². The molecule has 0 spiro atoms. The minimum Gasteiger partial charge on any atom is -0.504 e. The molecule has 0 aliphatic heterocycles. The van der Waals surface area contributed by atoms with Gasteiger partial charge in [0, 0.05) is 18.1 Å². The zero-order valence-electron chi connectivity index (χ0n) is 13.4. The molecule has 3 nitrogen and oxygen atoms in total. The van der Waals surface area contributed by atoms with Crippen LogP contribution < -0.4 is 4.65 Å². The van der Waals surface area contributed by atoms with Gasteiger partial charge in [-0.1, -0.05) is 26.7 Å². The van der Waals surface area contributed by atoms with Crippen molar-refractivity contribution in [1.82, 2.24) is 0 Å². The van der Waals surface area contributed by atoms with Crippen molar-refractivity contribution in [2.45, 2.75) is 65.2 Å². The lowest BCUT2D eigenvalue weighted by Crippen LogP contribution is -2.31. The molecule has 2 rings (SSSR count). The molecule has 1 aromatic rings. The van der Waals surface area contributed by atoms with E-state index >= 15 is 0 Å². The van der Waals surface area contributed by atoms with Crippen LogP contribution in [-0.4, -0.2) is 20.5 Å². The average Bonchev–Trinajstić information content (AvgIpc) is 2.89. The molecule has 0 aromatic carbocycles. The molecule has 0 fully saturated rings. The summed E-state index contributed by atoms with van der Waals surface area (Å²) in [4.78, 5) is 1.48. The first kappa shape index (κ1) is 16.8. The molecule has 0 atom stereocenters. The Labute approximate surface area is 133 Å². The highest BCUT2D eigenvalue weighted by atomic mass is 32.1. The Morgan fingerprint density at radius 2 is 1.71 bits per heavy atom. The number of hydrogen-bond donors (Lipinski definition) is 0. The summed E-state index contributed by atoms with van der Waals surface area (Å²) in [6.07, 6.45) is 9.30. The van der Waals surface area contributed by atoms with Crippen LogP contribution in [-0.2, 0) is 22.2 Å². The van der Waals surface area contributed by atoms with Gasteiger partial charge in [-0.3, -0.25) is 0 Å². The van der Waals surface area contributed by atoms with E-state index in [1.807, 2.05) is 0 Å². The van der Waals surface area contributed by atoms with E-state index in [1.165, 1.54) is 36.1 Å². The Kier molecular flexibility index (Phi) is 7.62. The van der Waals surface area contributed by atoms with Crippen LogP contribution in [0.25, 0.3) is 0 Å². The molecule has 5 heteroatoms. The van der Waals surface area contributed by atoms with Gasteiger partial charge in [-0.25, -0.2) is 0 Å². The van der Waals surface area contributed by atoms with Gasteiger partial charge < -0.3 is 14.0 Å². The van der Waals surface area contributed by atoms with Gasteiger partial charge in [-0.15, -0.1) is 11.3 Å². The summed E-state index contributed by atoms with van der Waals surface area (Å²) in [7, 11) is -0.553. The van der Waals surface area contributed by atoms with Crippen LogP contribution in [0.4, 0.5) is 0 Å². The predicted molar refractivity (Wildman–Crippen MR) is 89.1 cm³/mol. The molecule has 118 valence electrons. The summed E-state index contributed by atoms with van der Waals surface area (Å²) < 4.78 is 17.4. The molecule has 1 aliphatic carbocycles. The SMILES string of the molecule is CCCCOB(OCCCC)Oc1cc2c(s1)CCCC2. The van der Waals surface area contributed by atoms with E-state index in [9.17, 15) is 0 Å². The fraction of sp³-hybridized carbons (Fsp3) is 0.750. The number of aryl methyl sites for hydroxylation is 2. The second-order valence-electron chi connectivity index (χ2n) is 5.58. The topological polar surface area (TPSA) is 27.7 Å². The smallest absolute Gasteiger partial charge is 0.504 e. The quantitative estimate of drug-likeness (QED) is 0.466. The lowest BCUT2D eigenvalue weighted by Gasteiger charge is -2.13. The number of fused-ring (bicyclic) bond motifs is 1. The largest absolute Gasteiger partial charge is 0.713 e. The molecule has 0 saturated heterocycles. The highest BCUT2D eigenvalue weighted by Crippen LogP contribution is 2.34. The maximum atomic E-state index is 5.93. The number of rotatable bonds is 10. The van der Waals surface area contributed by atoms with Crippen LogP contribution in [0.2, 0.25) is 0 Å². The fourth-order valence-electron chi connectivity index (χ4n) is 2.38. The Morgan fingerprint density at radius 1 is 1.05 bits per heavy atom. The number of unbranched alkanes of at least 4 members (excludes halogenated alkanes) is 2. The van der Waals surface area contributed by atoms with Crippen molar-refractivity contribution in [3.05, 3.63) is 16.5 Å². The van der Waals surface area contributed by atoms with Gasteiger partial charge in [-0.2, -0.15) is 0 Å². The first-order chi connectivity index (χ1) is 10.3. The maximum absolute atomic E-state index is 5.93. The first-order valence-electron chi connectivity index (χ1n) is 8.35. The van der Waals surface area contributed by atoms with Crippen molar-refractivity contribution in [3.63, 3.8) is 0 Å². The summed E-state index contributed by atoms with van der Waals surface area (Å²) in [5.41, 5.74) is 1.46. The van der Waals surface area contributed by atoms with E-state index in [4.69, 9.17) is 14.0 Å². The van der Waals surface area contributed by atoms with Crippen molar-refractivity contribution in [2.24, 2.45) is 0 Å². The number of hydrogen-bond acceptors (Lipinski definition) is 4. The highest BCUT2D eigenvalue weighted by Gasteiger charge is 2.25. The lowest BCUT2D eigenvalue weighted by atomic mass is 10.00. The normalized spacial score (nSPS) is 14.0. The third kappa shape index (κ3) is 5.64. The molecule has 1 heterocycles. The third-order valence-corrected chi connectivity index (χ3v) is 4.82. The van der Waals surface area contributed by atoms with Crippen molar-refractivity contribution >= 4 is 18.7 Å². The van der Waals surface area contributed by atoms with E-state index in [2.05, 4.69) is 19.9 Å². The Balaban J connectivity index is 1.87. The zero-order valence-corrected chi connectivity index (χ0v) is 14.2. The molecular formula is C16H27BO3S. The molecule has 1 aliphatic rings. The fourth-order valence-corrected chi connectivity index (χ4v) is 3.49. The zero-order chi connectivity index (χ0) is 14.9. The van der Waals surface area contributed by atoms with E-state index in [0.717, 1.165) is 30.7 Å². The molecule has 0 N–H and O–H groups in total. The van der Waals surface area contributed by atoms with Gasteiger partial charge in [0.25, 0.3) is 0 Å². The monoisotopic (exact) mass is 310 g/mol. The molecule has 0 saturated carbocycles. The summed E-state index contributed by atoms with van der Waals surface area (Å²) in [5.74, 6) is 0. The van der Waals surface area contributed by atoms with E-state index in [1.54, 1.807) is 11.3 Å². The van der Waals surface area contributed by atoms with Gasteiger partial charge in [0.05, 0.1) is 0 Å². The number of thiophene rings is 1. The lowest BCUT2D eigenvalue weighted by molar-refractivity contribution is 0.138. The van der Waals surface area contributed by atoms with Gasteiger partial charge in [0.1, 0.15) is 0 Å². The van der Waals surface area contributed by atoms with Crippen LogP contribution in [0.5, 0.6) is 5.06 Å². The Bertz CT molecular complexity index is 375. The molecular weight excluding hydrogens is 283 g/mol. The second kappa shape index (κ2) is 9.49. The standard InChI is InChI=1S/C16H27BO3S/c1-3-5-11-18-17(19-12-6-4-2)20-16-13-14-9-7-8-10-15(14)21-16/h13H,3-12H2,1-2H3. The van der Waals surface area contributed by atoms with Crippen molar-refractivity contribution in [1.29, 1.82) is 0 Å². The van der Waals surface area contributed by atoms with E-state index in [-0.39, 0.29) is 0 Å². The van der Waals surface area contributed by atoms with Gasteiger partial charge in [-0.05, 0) is 50.2 Å². The first-order valence-corrected chi connectivity index (χ1v) is 9.16. The van der Waals surface area contributed by atoms with Crippen LogP contribution >= 0.6 is 11.3 Å². The molecule has 0 unspecified atom stereocenters. The summed E-state index contributed by atoms with van der Waals surface area (Å²) in [6, 6.07) is 2.18. The van der Waals surface area contributed by atoms with Crippen molar-refractivity contribution in [2.75, 3.05) is 13.2 Å². The summed E-state index contributed by atoms with van der Waals surface area (Å²) >= 11 is 1.76. The molecule has 0 amide bonds. The minimum atomic E-state index is -0.553. The average molecular weight is 310 g/mol. The van der Waals surface area contributed by atoms with E-state index < -0.39 is 7.32 Å². The Morgan fingerprint density at radius 3 is 2.33 bits per heavy atom. The summed E-state index contributed by atoms with van der Waals surface area (Å²) in [5, 5.41) is 0.944. The van der Waals surface area contributed by atoms with Crippen molar-refractivity contribution in [3.8, 4) is 5.06 Å². The van der Waals surface area contributed by atoms with Gasteiger partial charge in [0.2, 0.25) is 0 Å². The third-order valence-electron chi connectivity index (χ3n) is 3.69. The second-order valence-corrected chi connectivity index (χ2v) is 6.68. The van der Waals surface area contributed by atoms with Crippen LogP contribution in [0.15, 0.2) is 6.07 Å². The molecule has 0 radical (unpaired) electrons. The molecule has 0 bridgehead atoms. The van der Waals surface area contributed by atoms with Crippen LogP contribution in [0.1, 0.15) is 62.8 Å². The maximum Gasteiger partial charge on any atom is 0.713 e. The van der Waals surface area contributed by atoms with Gasteiger partial charge in [0.15, 0.2) is 5.06 Å². The highest BCUT2D eigenvalue weighted by molar-refractivity contribution is 7.14. The Hall–Kier alpha value is -0.515. The molecule has 21 heavy (non-hydrogen) atoms. The van der Waals surface area contributed by atoms with Gasteiger partial charge >= 0.3 is 7.32 Å². The van der Waals surface area contributed by atoms with Crippen LogP contribution in [0, 0.1) is 0 Å². The molecule has 1 aromatic heterocycles. The minimum absolute atomic E-state index is 0.553. The predicted octanol–water partition coefficient (Wildman–Crippen LogP) is 4.62.